The van der Waals surface area contributed by atoms with Gasteiger partial charge in [0.05, 0.1) is 6.20 Å². The molecule has 4 aromatic rings. The maximum atomic E-state index is 13.5. The molecule has 2 heterocycles. The smallest absolute Gasteiger partial charge is 0.264 e. The molecule has 0 aliphatic carbocycles. The van der Waals surface area contributed by atoms with E-state index in [0.29, 0.717) is 18.5 Å². The zero-order valence-electron chi connectivity index (χ0n) is 19.3. The highest BCUT2D eigenvalue weighted by Crippen LogP contribution is 2.21. The molecule has 0 aliphatic rings. The van der Waals surface area contributed by atoms with E-state index in [-0.39, 0.29) is 21.8 Å². The Morgan fingerprint density at radius 2 is 1.84 bits per heavy atom. The van der Waals surface area contributed by atoms with Crippen LogP contribution < -0.4 is 10.0 Å². The summed E-state index contributed by atoms with van der Waals surface area (Å²) in [6, 6.07) is 13.0. The Balaban J connectivity index is 1.59. The SMILES string of the molecule is O=C(NCCCc1cn[nH]c1)c1ccc(S(=O)(=O)Nc2cccc(F)n2)c(C#Cc2ccc(F)cc2)c1. The van der Waals surface area contributed by atoms with E-state index in [9.17, 15) is 22.0 Å². The largest absolute Gasteiger partial charge is 0.352 e. The van der Waals surface area contributed by atoms with Crippen LogP contribution in [0.25, 0.3) is 0 Å². The van der Waals surface area contributed by atoms with E-state index in [0.717, 1.165) is 18.1 Å². The summed E-state index contributed by atoms with van der Waals surface area (Å²) in [7, 11) is -4.24. The lowest BCUT2D eigenvalue weighted by molar-refractivity contribution is 0.0953. The summed E-state index contributed by atoms with van der Waals surface area (Å²) < 4.78 is 55.1. The number of aromatic amines is 1. The molecule has 2 aromatic carbocycles. The number of aryl methyl sites for hydroxylation is 1. The summed E-state index contributed by atoms with van der Waals surface area (Å²) in [5.74, 6) is 3.64. The molecule has 0 saturated heterocycles. The van der Waals surface area contributed by atoms with E-state index in [1.807, 2.05) is 0 Å². The molecule has 4 rings (SSSR count). The van der Waals surface area contributed by atoms with Crippen molar-refractivity contribution >= 4 is 21.7 Å². The van der Waals surface area contributed by atoms with Gasteiger partial charge in [-0.1, -0.05) is 17.9 Å². The highest BCUT2D eigenvalue weighted by Gasteiger charge is 2.21. The predicted molar refractivity (Wildman–Crippen MR) is 133 cm³/mol. The minimum Gasteiger partial charge on any atom is -0.352 e. The number of anilines is 1. The van der Waals surface area contributed by atoms with Crippen LogP contribution in [-0.4, -0.2) is 36.1 Å². The van der Waals surface area contributed by atoms with E-state index in [1.54, 1.807) is 12.4 Å². The number of rotatable bonds is 8. The van der Waals surface area contributed by atoms with Crippen molar-refractivity contribution in [3.05, 3.63) is 107 Å². The van der Waals surface area contributed by atoms with Crippen LogP contribution >= 0.6 is 0 Å². The summed E-state index contributed by atoms with van der Waals surface area (Å²) in [5.41, 5.74) is 1.69. The first-order valence-electron chi connectivity index (χ1n) is 11.1. The van der Waals surface area contributed by atoms with Gasteiger partial charge in [0.1, 0.15) is 16.5 Å². The van der Waals surface area contributed by atoms with Gasteiger partial charge in [-0.3, -0.25) is 14.6 Å². The highest BCUT2D eigenvalue weighted by atomic mass is 32.2. The fraction of sp³-hybridized carbons (Fsp3) is 0.115. The van der Waals surface area contributed by atoms with E-state index < -0.39 is 27.7 Å². The molecule has 11 heteroatoms. The fourth-order valence-corrected chi connectivity index (χ4v) is 4.49. The Morgan fingerprint density at radius 3 is 2.57 bits per heavy atom. The van der Waals surface area contributed by atoms with Crippen molar-refractivity contribution in [2.75, 3.05) is 11.3 Å². The molecule has 0 aliphatic heterocycles. The average Bonchev–Trinajstić information content (AvgIpc) is 3.39. The lowest BCUT2D eigenvalue weighted by atomic mass is 10.1. The Labute approximate surface area is 212 Å². The van der Waals surface area contributed by atoms with Gasteiger partial charge in [0.2, 0.25) is 5.95 Å². The summed E-state index contributed by atoms with van der Waals surface area (Å²) in [5, 5.41) is 9.40. The van der Waals surface area contributed by atoms with Gasteiger partial charge in [0.15, 0.2) is 0 Å². The number of hydrogen-bond acceptors (Lipinski definition) is 5. The normalized spacial score (nSPS) is 10.9. The molecule has 0 unspecified atom stereocenters. The molecule has 0 fully saturated rings. The van der Waals surface area contributed by atoms with Crippen molar-refractivity contribution in [1.82, 2.24) is 20.5 Å². The summed E-state index contributed by atoms with van der Waals surface area (Å²) >= 11 is 0. The van der Waals surface area contributed by atoms with Crippen molar-refractivity contribution in [3.63, 3.8) is 0 Å². The van der Waals surface area contributed by atoms with Crippen LogP contribution in [-0.2, 0) is 16.4 Å². The molecule has 0 bridgehead atoms. The van der Waals surface area contributed by atoms with Crippen molar-refractivity contribution in [2.24, 2.45) is 0 Å². The second kappa shape index (κ2) is 11.5. The van der Waals surface area contributed by atoms with Gasteiger partial charge < -0.3 is 5.32 Å². The molecule has 37 heavy (non-hydrogen) atoms. The van der Waals surface area contributed by atoms with Gasteiger partial charge in [-0.2, -0.15) is 9.49 Å². The molecular weight excluding hydrogens is 500 g/mol. The first kappa shape index (κ1) is 25.5. The van der Waals surface area contributed by atoms with Crippen molar-refractivity contribution < 1.29 is 22.0 Å². The third-order valence-electron chi connectivity index (χ3n) is 5.15. The van der Waals surface area contributed by atoms with Gasteiger partial charge in [0.25, 0.3) is 15.9 Å². The van der Waals surface area contributed by atoms with Crippen LogP contribution in [0, 0.1) is 23.6 Å². The molecule has 188 valence electrons. The predicted octanol–water partition coefficient (Wildman–Crippen LogP) is 3.65. The monoisotopic (exact) mass is 521 g/mol. The number of halogens is 2. The Bertz CT molecular complexity index is 1560. The molecule has 0 saturated carbocycles. The lowest BCUT2D eigenvalue weighted by Crippen LogP contribution is -2.25. The number of carbonyl (C=O) groups excluding carboxylic acids is 1. The molecule has 0 atom stereocenters. The summed E-state index contributed by atoms with van der Waals surface area (Å²) in [6.45, 7) is 0.396. The number of aromatic nitrogens is 3. The number of H-pyrrole nitrogens is 1. The van der Waals surface area contributed by atoms with E-state index >= 15 is 0 Å². The van der Waals surface area contributed by atoms with Gasteiger partial charge in [-0.15, -0.1) is 0 Å². The number of amides is 1. The summed E-state index contributed by atoms with van der Waals surface area (Å²) in [4.78, 5) is 16.0. The first-order valence-corrected chi connectivity index (χ1v) is 12.6. The molecule has 0 radical (unpaired) electrons. The number of carbonyl (C=O) groups is 1. The number of hydrogen-bond donors (Lipinski definition) is 3. The van der Waals surface area contributed by atoms with Crippen LogP contribution in [0.1, 0.15) is 33.5 Å². The topological polar surface area (TPSA) is 117 Å². The Morgan fingerprint density at radius 1 is 1.03 bits per heavy atom. The molecule has 1 amide bonds. The molecular formula is C26H21F2N5O3S. The van der Waals surface area contributed by atoms with E-state index in [2.05, 4.69) is 37.1 Å². The second-order valence-corrected chi connectivity index (χ2v) is 9.54. The van der Waals surface area contributed by atoms with Crippen LogP contribution in [0.5, 0.6) is 0 Å². The number of nitrogens with one attached hydrogen (secondary N) is 3. The molecule has 8 nitrogen and oxygen atoms in total. The maximum Gasteiger partial charge on any atom is 0.264 e. The number of sulfonamides is 1. The third-order valence-corrected chi connectivity index (χ3v) is 6.57. The third kappa shape index (κ3) is 6.99. The number of pyridine rings is 1. The zero-order valence-corrected chi connectivity index (χ0v) is 20.1. The van der Waals surface area contributed by atoms with Crippen LogP contribution in [0.3, 0.4) is 0 Å². The van der Waals surface area contributed by atoms with E-state index in [4.69, 9.17) is 0 Å². The van der Waals surface area contributed by atoms with Crippen molar-refractivity contribution in [2.45, 2.75) is 17.7 Å². The quantitative estimate of drug-likeness (QED) is 0.186. The van der Waals surface area contributed by atoms with Gasteiger partial charge in [-0.05, 0) is 73.0 Å². The van der Waals surface area contributed by atoms with Crippen LogP contribution in [0.2, 0.25) is 0 Å². The fourth-order valence-electron chi connectivity index (χ4n) is 3.34. The first-order chi connectivity index (χ1) is 17.8. The molecule has 3 N–H and O–H groups in total. The Kier molecular flexibility index (Phi) is 7.90. The summed E-state index contributed by atoms with van der Waals surface area (Å²) in [6.07, 6.45) is 4.89. The maximum absolute atomic E-state index is 13.5. The van der Waals surface area contributed by atoms with Gasteiger partial charge in [0, 0.05) is 29.4 Å². The average molecular weight is 522 g/mol. The van der Waals surface area contributed by atoms with E-state index in [1.165, 1.54) is 54.6 Å². The minimum atomic E-state index is -4.24. The minimum absolute atomic E-state index is 0.0271. The Hall–Kier alpha value is -4.56. The van der Waals surface area contributed by atoms with Gasteiger partial charge >= 0.3 is 0 Å². The number of nitrogens with zero attached hydrogens (tertiary/aromatic N) is 2. The van der Waals surface area contributed by atoms with Gasteiger partial charge in [-0.25, -0.2) is 17.8 Å². The second-order valence-electron chi connectivity index (χ2n) is 7.88. The lowest BCUT2D eigenvalue weighted by Gasteiger charge is -2.11. The van der Waals surface area contributed by atoms with Crippen molar-refractivity contribution in [1.29, 1.82) is 0 Å². The zero-order chi connectivity index (χ0) is 26.3. The van der Waals surface area contributed by atoms with Crippen LogP contribution in [0.4, 0.5) is 14.6 Å². The number of benzene rings is 2. The molecule has 2 aromatic heterocycles. The van der Waals surface area contributed by atoms with Crippen LogP contribution in [0.15, 0.2) is 78.0 Å². The van der Waals surface area contributed by atoms with Crippen molar-refractivity contribution in [3.8, 4) is 11.8 Å². The highest BCUT2D eigenvalue weighted by molar-refractivity contribution is 7.92. The molecule has 0 spiro atoms. The standard InChI is InChI=1S/C26H21F2N5O3S/c27-22-11-7-18(8-12-22)6-9-20-15-21(26(34)29-14-2-3-19-16-30-31-17-19)10-13-23(20)37(35,36)33-25-5-1-4-24(28)32-25/h1,4-5,7-8,10-13,15-17H,2-3,14H2,(H,29,34)(H,30,31)(H,32,33).